The maximum absolute atomic E-state index is 12.9. The van der Waals surface area contributed by atoms with Crippen molar-refractivity contribution < 1.29 is 4.39 Å². The van der Waals surface area contributed by atoms with Gasteiger partial charge in [0.25, 0.3) is 0 Å². The fourth-order valence-corrected chi connectivity index (χ4v) is 1.94. The maximum Gasteiger partial charge on any atom is 0.225 e. The highest BCUT2D eigenvalue weighted by molar-refractivity contribution is 9.10. The third kappa shape index (κ3) is 3.00. The van der Waals surface area contributed by atoms with Crippen LogP contribution >= 0.6 is 15.9 Å². The molecule has 88 valence electrons. The van der Waals surface area contributed by atoms with Gasteiger partial charge in [0, 0.05) is 30.5 Å². The molecule has 0 atom stereocenters. The van der Waals surface area contributed by atoms with Gasteiger partial charge in [0.1, 0.15) is 5.82 Å². The Bertz CT molecular complexity index is 504. The number of anilines is 1. The average molecular weight is 296 g/mol. The zero-order valence-corrected chi connectivity index (χ0v) is 10.9. The number of aromatic nitrogens is 2. The Morgan fingerprint density at radius 3 is 2.65 bits per heavy atom. The molecule has 0 N–H and O–H groups in total. The minimum absolute atomic E-state index is 0.251. The van der Waals surface area contributed by atoms with Gasteiger partial charge in [0.05, 0.1) is 0 Å². The van der Waals surface area contributed by atoms with E-state index >= 15 is 0 Å². The molecule has 0 aliphatic rings. The van der Waals surface area contributed by atoms with Crippen LogP contribution in [0, 0.1) is 5.82 Å². The first-order chi connectivity index (χ1) is 8.16. The summed E-state index contributed by atoms with van der Waals surface area (Å²) in [5.74, 6) is 0.392. The molecule has 3 nitrogen and oxygen atoms in total. The summed E-state index contributed by atoms with van der Waals surface area (Å²) in [5.41, 5.74) is 0.987. The highest BCUT2D eigenvalue weighted by atomic mass is 79.9. The van der Waals surface area contributed by atoms with Crippen LogP contribution in [0.25, 0.3) is 0 Å². The zero-order chi connectivity index (χ0) is 12.3. The second-order valence-electron chi connectivity index (χ2n) is 3.64. The molecule has 1 heterocycles. The van der Waals surface area contributed by atoms with Crippen LogP contribution in [0.1, 0.15) is 5.56 Å². The van der Waals surface area contributed by atoms with Crippen molar-refractivity contribution in [2.24, 2.45) is 0 Å². The normalized spacial score (nSPS) is 10.3. The van der Waals surface area contributed by atoms with E-state index < -0.39 is 0 Å². The smallest absolute Gasteiger partial charge is 0.225 e. The van der Waals surface area contributed by atoms with E-state index in [-0.39, 0.29) is 5.82 Å². The van der Waals surface area contributed by atoms with Crippen molar-refractivity contribution >= 4 is 21.9 Å². The third-order valence-corrected chi connectivity index (χ3v) is 3.05. The highest BCUT2D eigenvalue weighted by Gasteiger charge is 2.07. The van der Waals surface area contributed by atoms with Gasteiger partial charge >= 0.3 is 0 Å². The summed E-state index contributed by atoms with van der Waals surface area (Å²) in [6.07, 6.45) is 3.39. The van der Waals surface area contributed by atoms with Gasteiger partial charge in [-0.05, 0) is 23.8 Å². The SMILES string of the molecule is CN(Cc1ccc(F)cc1Br)c1ncccn1. The number of halogens is 2. The lowest BCUT2D eigenvalue weighted by Crippen LogP contribution is -2.19. The van der Waals surface area contributed by atoms with Crippen LogP contribution in [-0.4, -0.2) is 17.0 Å². The van der Waals surface area contributed by atoms with Crippen LogP contribution < -0.4 is 4.90 Å². The molecule has 0 bridgehead atoms. The molecule has 0 unspecified atom stereocenters. The Labute approximate surface area is 107 Å². The molecule has 1 aromatic carbocycles. The summed E-state index contributed by atoms with van der Waals surface area (Å²) in [4.78, 5) is 10.2. The van der Waals surface area contributed by atoms with Gasteiger partial charge < -0.3 is 4.90 Å². The van der Waals surface area contributed by atoms with Crippen LogP contribution in [0.4, 0.5) is 10.3 Å². The Morgan fingerprint density at radius 2 is 2.00 bits per heavy atom. The van der Waals surface area contributed by atoms with Crippen molar-refractivity contribution in [1.29, 1.82) is 0 Å². The number of hydrogen-bond acceptors (Lipinski definition) is 3. The van der Waals surface area contributed by atoms with E-state index in [1.165, 1.54) is 12.1 Å². The molecular weight excluding hydrogens is 285 g/mol. The van der Waals surface area contributed by atoms with Crippen LogP contribution in [0.15, 0.2) is 41.1 Å². The summed E-state index contributed by atoms with van der Waals surface area (Å²) in [6, 6.07) is 6.42. The third-order valence-electron chi connectivity index (χ3n) is 2.32. The molecule has 0 saturated heterocycles. The first kappa shape index (κ1) is 12.0. The van der Waals surface area contributed by atoms with E-state index in [2.05, 4.69) is 25.9 Å². The second-order valence-corrected chi connectivity index (χ2v) is 4.49. The monoisotopic (exact) mass is 295 g/mol. The largest absolute Gasteiger partial charge is 0.340 e. The Kier molecular flexibility index (Phi) is 3.68. The highest BCUT2D eigenvalue weighted by Crippen LogP contribution is 2.20. The van der Waals surface area contributed by atoms with E-state index in [9.17, 15) is 4.39 Å². The first-order valence-corrected chi connectivity index (χ1v) is 5.88. The van der Waals surface area contributed by atoms with Crippen molar-refractivity contribution in [2.45, 2.75) is 6.54 Å². The summed E-state index contributed by atoms with van der Waals surface area (Å²) < 4.78 is 13.7. The van der Waals surface area contributed by atoms with E-state index in [1.54, 1.807) is 24.5 Å². The van der Waals surface area contributed by atoms with E-state index in [1.807, 2.05) is 11.9 Å². The fraction of sp³-hybridized carbons (Fsp3) is 0.167. The van der Waals surface area contributed by atoms with Crippen LogP contribution in [0.3, 0.4) is 0 Å². The Hall–Kier alpha value is -1.49. The van der Waals surface area contributed by atoms with Crippen molar-refractivity contribution in [3.05, 3.63) is 52.5 Å². The molecular formula is C12H11BrFN3. The van der Waals surface area contributed by atoms with Gasteiger partial charge in [-0.15, -0.1) is 0 Å². The van der Waals surface area contributed by atoms with Gasteiger partial charge in [-0.1, -0.05) is 22.0 Å². The van der Waals surface area contributed by atoms with Crippen LogP contribution in [0.2, 0.25) is 0 Å². The predicted octanol–water partition coefficient (Wildman–Crippen LogP) is 3.01. The predicted molar refractivity (Wildman–Crippen MR) is 68.2 cm³/mol. The molecule has 5 heteroatoms. The zero-order valence-electron chi connectivity index (χ0n) is 9.27. The topological polar surface area (TPSA) is 29.0 Å². The lowest BCUT2D eigenvalue weighted by atomic mass is 10.2. The van der Waals surface area contributed by atoms with Crippen LogP contribution in [-0.2, 0) is 6.54 Å². The molecule has 0 saturated carbocycles. The number of benzene rings is 1. The van der Waals surface area contributed by atoms with Crippen molar-refractivity contribution in [3.8, 4) is 0 Å². The first-order valence-electron chi connectivity index (χ1n) is 5.09. The molecule has 1 aromatic heterocycles. The van der Waals surface area contributed by atoms with E-state index in [0.29, 0.717) is 12.5 Å². The molecule has 0 amide bonds. The minimum Gasteiger partial charge on any atom is -0.340 e. The molecule has 17 heavy (non-hydrogen) atoms. The van der Waals surface area contributed by atoms with Gasteiger partial charge in [-0.2, -0.15) is 0 Å². The average Bonchev–Trinajstić information content (AvgIpc) is 2.34. The van der Waals surface area contributed by atoms with Crippen molar-refractivity contribution in [1.82, 2.24) is 9.97 Å². The maximum atomic E-state index is 12.9. The molecule has 2 rings (SSSR count). The Morgan fingerprint density at radius 1 is 1.29 bits per heavy atom. The summed E-state index contributed by atoms with van der Waals surface area (Å²) in [6.45, 7) is 0.616. The molecule has 0 spiro atoms. The van der Waals surface area contributed by atoms with Gasteiger partial charge in [-0.3, -0.25) is 0 Å². The summed E-state index contributed by atoms with van der Waals surface area (Å²) >= 11 is 3.34. The molecule has 0 radical (unpaired) electrons. The molecule has 0 fully saturated rings. The number of nitrogens with zero attached hydrogens (tertiary/aromatic N) is 3. The van der Waals surface area contributed by atoms with Crippen molar-refractivity contribution in [3.63, 3.8) is 0 Å². The van der Waals surface area contributed by atoms with Gasteiger partial charge in [-0.25, -0.2) is 14.4 Å². The number of hydrogen-bond donors (Lipinski definition) is 0. The van der Waals surface area contributed by atoms with Gasteiger partial charge in [0.15, 0.2) is 0 Å². The molecule has 0 aliphatic heterocycles. The lowest BCUT2D eigenvalue weighted by molar-refractivity contribution is 0.625. The summed E-state index contributed by atoms with van der Waals surface area (Å²) in [7, 11) is 1.89. The minimum atomic E-state index is -0.251. The van der Waals surface area contributed by atoms with E-state index in [4.69, 9.17) is 0 Å². The molecule has 2 aromatic rings. The number of rotatable bonds is 3. The fourth-order valence-electron chi connectivity index (χ4n) is 1.46. The van der Waals surface area contributed by atoms with E-state index in [0.717, 1.165) is 10.0 Å². The standard InChI is InChI=1S/C12H11BrFN3/c1-17(12-15-5-2-6-16-12)8-9-3-4-10(14)7-11(9)13/h2-7H,8H2,1H3. The Balaban J connectivity index is 2.16. The second kappa shape index (κ2) is 5.23. The lowest BCUT2D eigenvalue weighted by Gasteiger charge is -2.17. The summed E-state index contributed by atoms with van der Waals surface area (Å²) in [5, 5.41) is 0. The van der Waals surface area contributed by atoms with Crippen molar-refractivity contribution in [2.75, 3.05) is 11.9 Å². The molecule has 0 aliphatic carbocycles. The van der Waals surface area contributed by atoms with Gasteiger partial charge in [0.2, 0.25) is 5.95 Å². The van der Waals surface area contributed by atoms with Crippen LogP contribution in [0.5, 0.6) is 0 Å². The quantitative estimate of drug-likeness (QED) is 0.872.